The van der Waals surface area contributed by atoms with Gasteiger partial charge in [0.15, 0.2) is 0 Å². The lowest BCUT2D eigenvalue weighted by molar-refractivity contribution is -0.122. The monoisotopic (exact) mass is 225 g/mol. The van der Waals surface area contributed by atoms with Gasteiger partial charge in [-0.05, 0) is 57.5 Å². The van der Waals surface area contributed by atoms with Crippen molar-refractivity contribution in [1.82, 2.24) is 5.32 Å². The molecule has 1 unspecified atom stereocenters. The normalized spacial score (nSPS) is 33.6. The maximum absolute atomic E-state index is 6.42. The molecule has 0 aromatic heterocycles. The Hall–Kier alpha value is -0.0800. The van der Waals surface area contributed by atoms with Crippen LogP contribution in [0.4, 0.5) is 0 Å². The summed E-state index contributed by atoms with van der Waals surface area (Å²) < 4.78 is 6.42. The minimum Gasteiger partial charge on any atom is -0.372 e. The van der Waals surface area contributed by atoms with Crippen molar-refractivity contribution in [3.05, 3.63) is 0 Å². The van der Waals surface area contributed by atoms with Gasteiger partial charge in [0.05, 0.1) is 11.7 Å². The van der Waals surface area contributed by atoms with Gasteiger partial charge in [0.25, 0.3) is 0 Å². The van der Waals surface area contributed by atoms with E-state index in [1.165, 1.54) is 38.5 Å². The molecule has 1 heterocycles. The quantitative estimate of drug-likeness (QED) is 0.779. The van der Waals surface area contributed by atoms with Crippen LogP contribution in [0.2, 0.25) is 0 Å². The molecule has 2 rings (SSSR count). The van der Waals surface area contributed by atoms with Gasteiger partial charge in [-0.3, -0.25) is 0 Å². The Morgan fingerprint density at radius 1 is 1.06 bits per heavy atom. The summed E-state index contributed by atoms with van der Waals surface area (Å²) in [7, 11) is 0. The van der Waals surface area contributed by atoms with E-state index in [0.717, 1.165) is 13.1 Å². The number of rotatable bonds is 2. The fourth-order valence-corrected chi connectivity index (χ4v) is 3.21. The third-order valence-corrected chi connectivity index (χ3v) is 4.27. The van der Waals surface area contributed by atoms with Crippen molar-refractivity contribution in [3.8, 4) is 0 Å². The van der Waals surface area contributed by atoms with Crippen molar-refractivity contribution < 1.29 is 4.74 Å². The fraction of sp³-hybridized carbons (Fsp3) is 1.00. The Morgan fingerprint density at radius 2 is 1.75 bits per heavy atom. The van der Waals surface area contributed by atoms with Crippen LogP contribution >= 0.6 is 0 Å². The van der Waals surface area contributed by atoms with Crippen LogP contribution < -0.4 is 5.32 Å². The van der Waals surface area contributed by atoms with Crippen molar-refractivity contribution in [2.45, 2.75) is 71.0 Å². The molecule has 1 saturated heterocycles. The zero-order valence-electron chi connectivity index (χ0n) is 11.1. The van der Waals surface area contributed by atoms with E-state index < -0.39 is 0 Å². The molecule has 0 aromatic carbocycles. The van der Waals surface area contributed by atoms with Crippen LogP contribution in [0.5, 0.6) is 0 Å². The highest BCUT2D eigenvalue weighted by molar-refractivity contribution is 4.86. The van der Waals surface area contributed by atoms with Gasteiger partial charge in [0, 0.05) is 0 Å². The highest BCUT2D eigenvalue weighted by Gasteiger charge is 2.35. The van der Waals surface area contributed by atoms with Crippen molar-refractivity contribution in [2.75, 3.05) is 13.1 Å². The summed E-state index contributed by atoms with van der Waals surface area (Å²) in [6.45, 7) is 9.30. The lowest BCUT2D eigenvalue weighted by Gasteiger charge is -2.42. The van der Waals surface area contributed by atoms with Crippen LogP contribution in [-0.4, -0.2) is 24.8 Å². The first-order valence-corrected chi connectivity index (χ1v) is 6.88. The molecule has 1 N–H and O–H groups in total. The van der Waals surface area contributed by atoms with Crippen molar-refractivity contribution in [1.29, 1.82) is 0 Å². The molecule has 1 aliphatic heterocycles. The molecule has 16 heavy (non-hydrogen) atoms. The average molecular weight is 225 g/mol. The number of nitrogens with one attached hydrogen (secondary N) is 1. The van der Waals surface area contributed by atoms with Crippen LogP contribution in [-0.2, 0) is 4.74 Å². The molecule has 1 atom stereocenters. The topological polar surface area (TPSA) is 21.3 Å². The Balaban J connectivity index is 1.88. The first kappa shape index (κ1) is 12.4. The third kappa shape index (κ3) is 3.21. The number of hydrogen-bond donors (Lipinski definition) is 1. The molecule has 1 aliphatic carbocycles. The summed E-state index contributed by atoms with van der Waals surface area (Å²) in [5, 5.41) is 3.41. The van der Waals surface area contributed by atoms with Crippen molar-refractivity contribution in [3.63, 3.8) is 0 Å². The van der Waals surface area contributed by atoms with E-state index in [0.29, 0.717) is 11.5 Å². The number of hydrogen-bond acceptors (Lipinski definition) is 2. The lowest BCUT2D eigenvalue weighted by atomic mass is 9.76. The van der Waals surface area contributed by atoms with Gasteiger partial charge in [-0.15, -0.1) is 0 Å². The molecule has 2 nitrogen and oxygen atoms in total. The smallest absolute Gasteiger partial charge is 0.0682 e. The Bertz CT molecular complexity index is 231. The van der Waals surface area contributed by atoms with E-state index in [4.69, 9.17) is 4.74 Å². The number of ether oxygens (including phenoxy) is 1. The van der Waals surface area contributed by atoms with Crippen molar-refractivity contribution in [2.24, 2.45) is 5.41 Å². The predicted molar refractivity (Wildman–Crippen MR) is 67.6 cm³/mol. The molecule has 0 bridgehead atoms. The highest BCUT2D eigenvalue weighted by atomic mass is 16.5. The first-order valence-electron chi connectivity index (χ1n) is 6.88. The van der Waals surface area contributed by atoms with E-state index in [9.17, 15) is 0 Å². The van der Waals surface area contributed by atoms with Crippen LogP contribution in [0.3, 0.4) is 0 Å². The Kier molecular flexibility index (Phi) is 3.60. The maximum atomic E-state index is 6.42. The first-order chi connectivity index (χ1) is 7.49. The molecular formula is C14H27NO. The summed E-state index contributed by atoms with van der Waals surface area (Å²) in [6, 6.07) is 0. The van der Waals surface area contributed by atoms with Gasteiger partial charge in [0.2, 0.25) is 0 Å². The van der Waals surface area contributed by atoms with Gasteiger partial charge < -0.3 is 10.1 Å². The summed E-state index contributed by atoms with van der Waals surface area (Å²) in [6.07, 6.45) is 8.07. The minimum absolute atomic E-state index is 0.142. The molecule has 2 aliphatic rings. The minimum atomic E-state index is 0.142. The van der Waals surface area contributed by atoms with Gasteiger partial charge in [-0.25, -0.2) is 0 Å². The number of piperidine rings is 1. The standard InChI is InChI=1S/C14H27NO/c1-13(2)6-4-5-12(11-13)16-14(3)7-9-15-10-8-14/h12,15H,4-11H2,1-3H3. The van der Waals surface area contributed by atoms with Gasteiger partial charge in [-0.2, -0.15) is 0 Å². The molecule has 0 aromatic rings. The van der Waals surface area contributed by atoms with Crippen LogP contribution in [0, 0.1) is 5.41 Å². The van der Waals surface area contributed by atoms with Crippen LogP contribution in [0.1, 0.15) is 59.3 Å². The van der Waals surface area contributed by atoms with Crippen LogP contribution in [0.15, 0.2) is 0 Å². The molecule has 94 valence electrons. The van der Waals surface area contributed by atoms with Crippen LogP contribution in [0.25, 0.3) is 0 Å². The second-order valence-electron chi connectivity index (χ2n) is 6.70. The molecule has 0 spiro atoms. The second-order valence-corrected chi connectivity index (χ2v) is 6.70. The summed E-state index contributed by atoms with van der Waals surface area (Å²) in [4.78, 5) is 0. The largest absolute Gasteiger partial charge is 0.372 e. The average Bonchev–Trinajstić information content (AvgIpc) is 2.16. The molecule has 1 saturated carbocycles. The van der Waals surface area contributed by atoms with E-state index >= 15 is 0 Å². The highest BCUT2D eigenvalue weighted by Crippen LogP contribution is 2.39. The second kappa shape index (κ2) is 4.66. The summed E-state index contributed by atoms with van der Waals surface area (Å²) in [5.74, 6) is 0. The van der Waals surface area contributed by atoms with E-state index in [1.807, 2.05) is 0 Å². The van der Waals surface area contributed by atoms with E-state index in [-0.39, 0.29) is 5.60 Å². The van der Waals surface area contributed by atoms with E-state index in [2.05, 4.69) is 26.1 Å². The SMILES string of the molecule is CC1(C)CCCC(OC2(C)CCNCC2)C1. The van der Waals surface area contributed by atoms with Gasteiger partial charge in [0.1, 0.15) is 0 Å². The zero-order chi connectivity index (χ0) is 11.6. The molecule has 2 heteroatoms. The Morgan fingerprint density at radius 3 is 2.38 bits per heavy atom. The fourth-order valence-electron chi connectivity index (χ4n) is 3.21. The predicted octanol–water partition coefficient (Wildman–Crippen LogP) is 3.11. The lowest BCUT2D eigenvalue weighted by Crippen LogP contribution is -2.45. The van der Waals surface area contributed by atoms with Crippen molar-refractivity contribution >= 4 is 0 Å². The Labute approximate surface area is 100 Å². The summed E-state index contributed by atoms with van der Waals surface area (Å²) in [5.41, 5.74) is 0.634. The third-order valence-electron chi connectivity index (χ3n) is 4.27. The molecule has 2 fully saturated rings. The molecule has 0 amide bonds. The molecular weight excluding hydrogens is 198 g/mol. The molecule has 0 radical (unpaired) electrons. The van der Waals surface area contributed by atoms with E-state index in [1.54, 1.807) is 0 Å². The maximum Gasteiger partial charge on any atom is 0.0682 e. The van der Waals surface area contributed by atoms with Gasteiger partial charge >= 0.3 is 0 Å². The zero-order valence-corrected chi connectivity index (χ0v) is 11.1. The summed E-state index contributed by atoms with van der Waals surface area (Å²) >= 11 is 0. The van der Waals surface area contributed by atoms with Gasteiger partial charge in [-0.1, -0.05) is 20.3 Å².